The molecule has 1 heterocycles. The maximum Gasteiger partial charge on any atom is 0.141 e. The van der Waals surface area contributed by atoms with E-state index >= 15 is 0 Å². The van der Waals surface area contributed by atoms with Gasteiger partial charge >= 0.3 is 0 Å². The SMILES string of the molecule is CC1NC(Cl)N(C2CCCCCCC2)C(Cl)N1. The summed E-state index contributed by atoms with van der Waals surface area (Å²) < 4.78 is 0. The molecule has 0 aromatic rings. The zero-order valence-electron chi connectivity index (χ0n) is 10.5. The minimum absolute atomic E-state index is 0.154. The van der Waals surface area contributed by atoms with Crippen LogP contribution < -0.4 is 10.6 Å². The van der Waals surface area contributed by atoms with Crippen LogP contribution in [0.3, 0.4) is 0 Å². The highest BCUT2D eigenvalue weighted by Crippen LogP contribution is 2.27. The quantitative estimate of drug-likeness (QED) is 0.571. The van der Waals surface area contributed by atoms with Crippen LogP contribution in [0.5, 0.6) is 0 Å². The van der Waals surface area contributed by atoms with Gasteiger partial charge in [0.15, 0.2) is 0 Å². The molecule has 2 atom stereocenters. The minimum atomic E-state index is -0.154. The van der Waals surface area contributed by atoms with Gasteiger partial charge in [0, 0.05) is 6.04 Å². The minimum Gasteiger partial charge on any atom is -0.274 e. The summed E-state index contributed by atoms with van der Waals surface area (Å²) in [6, 6.07) is 0.507. The molecule has 1 aliphatic carbocycles. The van der Waals surface area contributed by atoms with Crippen LogP contribution in [0.4, 0.5) is 0 Å². The lowest BCUT2D eigenvalue weighted by atomic mass is 9.96. The van der Waals surface area contributed by atoms with Crippen molar-refractivity contribution in [2.75, 3.05) is 0 Å². The summed E-state index contributed by atoms with van der Waals surface area (Å²) in [7, 11) is 0. The van der Waals surface area contributed by atoms with Crippen LogP contribution in [-0.4, -0.2) is 28.4 Å². The second-order valence-electron chi connectivity index (χ2n) is 5.17. The largest absolute Gasteiger partial charge is 0.274 e. The molecule has 17 heavy (non-hydrogen) atoms. The molecule has 0 aromatic heterocycles. The fraction of sp³-hybridized carbons (Fsp3) is 1.00. The van der Waals surface area contributed by atoms with Gasteiger partial charge in [-0.1, -0.05) is 55.3 Å². The number of nitrogens with one attached hydrogen (secondary N) is 2. The van der Waals surface area contributed by atoms with Gasteiger partial charge in [0.1, 0.15) is 11.2 Å². The normalized spacial score (nSPS) is 38.6. The lowest BCUT2D eigenvalue weighted by Crippen LogP contribution is -2.66. The predicted molar refractivity (Wildman–Crippen MR) is 73.0 cm³/mol. The average molecular weight is 280 g/mol. The Hall–Kier alpha value is 0.460. The molecule has 100 valence electrons. The highest BCUT2D eigenvalue weighted by molar-refractivity contribution is 6.23. The molecule has 2 aliphatic rings. The molecule has 1 saturated carbocycles. The average Bonchev–Trinajstić information content (AvgIpc) is 2.19. The standard InChI is InChI=1S/C12H23Cl2N3/c1-9-15-11(13)17(12(14)16-9)10-7-5-3-2-4-6-8-10/h9-12,15-16H,2-8H2,1H3. The number of hydrogen-bond donors (Lipinski definition) is 2. The van der Waals surface area contributed by atoms with E-state index in [1.807, 2.05) is 6.92 Å². The fourth-order valence-corrected chi connectivity index (χ4v) is 3.83. The van der Waals surface area contributed by atoms with Crippen molar-refractivity contribution < 1.29 is 0 Å². The molecule has 0 spiro atoms. The van der Waals surface area contributed by atoms with Crippen LogP contribution in [-0.2, 0) is 0 Å². The molecule has 0 radical (unpaired) electrons. The summed E-state index contributed by atoms with van der Waals surface area (Å²) in [5, 5.41) is 6.58. The van der Waals surface area contributed by atoms with Crippen molar-refractivity contribution in [3.05, 3.63) is 0 Å². The van der Waals surface area contributed by atoms with Gasteiger partial charge in [0.25, 0.3) is 0 Å². The Morgan fingerprint density at radius 1 is 0.882 bits per heavy atom. The van der Waals surface area contributed by atoms with E-state index in [2.05, 4.69) is 15.5 Å². The summed E-state index contributed by atoms with van der Waals surface area (Å²) in [6.07, 6.45) is 9.27. The smallest absolute Gasteiger partial charge is 0.141 e. The van der Waals surface area contributed by atoms with E-state index in [4.69, 9.17) is 23.2 Å². The van der Waals surface area contributed by atoms with Gasteiger partial charge in [-0.2, -0.15) is 0 Å². The Morgan fingerprint density at radius 3 is 1.88 bits per heavy atom. The molecule has 2 N–H and O–H groups in total. The van der Waals surface area contributed by atoms with E-state index in [-0.39, 0.29) is 17.4 Å². The first-order valence-corrected chi connectivity index (χ1v) is 7.63. The monoisotopic (exact) mass is 279 g/mol. The molecule has 1 saturated heterocycles. The van der Waals surface area contributed by atoms with Crippen molar-refractivity contribution in [3.8, 4) is 0 Å². The zero-order valence-corrected chi connectivity index (χ0v) is 12.0. The van der Waals surface area contributed by atoms with Crippen LogP contribution in [0.15, 0.2) is 0 Å². The maximum atomic E-state index is 6.39. The van der Waals surface area contributed by atoms with Crippen molar-refractivity contribution in [1.29, 1.82) is 0 Å². The van der Waals surface area contributed by atoms with Gasteiger partial charge in [-0.3, -0.25) is 10.6 Å². The van der Waals surface area contributed by atoms with Gasteiger partial charge in [-0.25, -0.2) is 4.90 Å². The number of hydrogen-bond acceptors (Lipinski definition) is 3. The summed E-state index contributed by atoms with van der Waals surface area (Å²) in [5.41, 5.74) is -0.309. The Bertz CT molecular complexity index is 220. The summed E-state index contributed by atoms with van der Waals surface area (Å²) in [6.45, 7) is 2.04. The predicted octanol–water partition coefficient (Wildman–Crippen LogP) is 2.98. The van der Waals surface area contributed by atoms with Gasteiger partial charge in [-0.15, -0.1) is 0 Å². The Morgan fingerprint density at radius 2 is 1.35 bits per heavy atom. The van der Waals surface area contributed by atoms with Crippen molar-refractivity contribution in [1.82, 2.24) is 15.5 Å². The third-order valence-corrected chi connectivity index (χ3v) is 4.50. The molecule has 0 amide bonds. The molecular weight excluding hydrogens is 257 g/mol. The molecule has 2 fully saturated rings. The molecule has 2 unspecified atom stereocenters. The van der Waals surface area contributed by atoms with Crippen molar-refractivity contribution in [3.63, 3.8) is 0 Å². The van der Waals surface area contributed by atoms with Gasteiger partial charge in [0.05, 0.1) is 6.17 Å². The van der Waals surface area contributed by atoms with E-state index in [1.165, 1.54) is 44.9 Å². The summed E-state index contributed by atoms with van der Waals surface area (Å²) in [4.78, 5) is 2.19. The van der Waals surface area contributed by atoms with Crippen LogP contribution >= 0.6 is 23.2 Å². The van der Waals surface area contributed by atoms with Crippen LogP contribution in [0.25, 0.3) is 0 Å². The molecule has 0 bridgehead atoms. The highest BCUT2D eigenvalue weighted by atomic mass is 35.5. The Balaban J connectivity index is 1.97. The Labute approximate surface area is 114 Å². The molecule has 1 aliphatic heterocycles. The number of alkyl halides is 2. The molecule has 3 nitrogen and oxygen atoms in total. The lowest BCUT2D eigenvalue weighted by molar-refractivity contribution is 0.0526. The molecule has 2 rings (SSSR count). The third-order valence-electron chi connectivity index (χ3n) is 3.79. The van der Waals surface area contributed by atoms with Crippen LogP contribution in [0.1, 0.15) is 51.9 Å². The number of halogens is 2. The van der Waals surface area contributed by atoms with Crippen LogP contribution in [0, 0.1) is 0 Å². The molecule has 5 heteroatoms. The van der Waals surface area contributed by atoms with Gasteiger partial charge in [0.2, 0.25) is 0 Å². The van der Waals surface area contributed by atoms with E-state index in [0.29, 0.717) is 6.04 Å². The second kappa shape index (κ2) is 6.58. The number of rotatable bonds is 1. The highest BCUT2D eigenvalue weighted by Gasteiger charge is 2.35. The molecule has 0 aromatic carbocycles. The maximum absolute atomic E-state index is 6.39. The van der Waals surface area contributed by atoms with E-state index < -0.39 is 0 Å². The number of nitrogens with zero attached hydrogens (tertiary/aromatic N) is 1. The van der Waals surface area contributed by atoms with Gasteiger partial charge in [-0.05, 0) is 19.8 Å². The van der Waals surface area contributed by atoms with Crippen molar-refractivity contribution in [2.45, 2.75) is 75.3 Å². The lowest BCUT2D eigenvalue weighted by Gasteiger charge is -2.45. The van der Waals surface area contributed by atoms with Crippen molar-refractivity contribution >= 4 is 23.2 Å². The fourth-order valence-electron chi connectivity index (χ4n) is 2.85. The third kappa shape index (κ3) is 3.71. The van der Waals surface area contributed by atoms with E-state index in [0.717, 1.165) is 0 Å². The first-order valence-electron chi connectivity index (χ1n) is 6.76. The van der Waals surface area contributed by atoms with E-state index in [9.17, 15) is 0 Å². The zero-order chi connectivity index (χ0) is 12.3. The van der Waals surface area contributed by atoms with Crippen LogP contribution in [0.2, 0.25) is 0 Å². The second-order valence-corrected chi connectivity index (χ2v) is 6.00. The van der Waals surface area contributed by atoms with Crippen molar-refractivity contribution in [2.24, 2.45) is 0 Å². The summed E-state index contributed by atoms with van der Waals surface area (Å²) >= 11 is 12.8. The van der Waals surface area contributed by atoms with Gasteiger partial charge < -0.3 is 0 Å². The molecular formula is C12H23Cl2N3. The first kappa shape index (κ1) is 13.9. The first-order chi connectivity index (χ1) is 8.18. The topological polar surface area (TPSA) is 27.3 Å². The summed E-state index contributed by atoms with van der Waals surface area (Å²) in [5.74, 6) is 0. The van der Waals surface area contributed by atoms with E-state index in [1.54, 1.807) is 0 Å². The Kier molecular flexibility index (Phi) is 5.37.